The second-order valence-corrected chi connectivity index (χ2v) is 6.40. The zero-order valence-corrected chi connectivity index (χ0v) is 15.1. The van der Waals surface area contributed by atoms with Crippen molar-refractivity contribution < 1.29 is 9.53 Å². The number of carbonyl (C=O) groups is 1. The molecule has 2 heterocycles. The van der Waals surface area contributed by atoms with Crippen LogP contribution in [0.2, 0.25) is 0 Å². The molecule has 1 N–H and O–H groups in total. The van der Waals surface area contributed by atoms with Gasteiger partial charge in [0.25, 0.3) is 5.91 Å². The monoisotopic (exact) mass is 387 g/mol. The number of aromatic nitrogens is 2. The van der Waals surface area contributed by atoms with Crippen LogP contribution in [0.15, 0.2) is 47.1 Å². The maximum absolute atomic E-state index is 12.5. The van der Waals surface area contributed by atoms with Crippen molar-refractivity contribution in [2.75, 3.05) is 13.2 Å². The third kappa shape index (κ3) is 3.43. The van der Waals surface area contributed by atoms with Gasteiger partial charge in [-0.25, -0.2) is 4.98 Å². The zero-order chi connectivity index (χ0) is 17.1. The van der Waals surface area contributed by atoms with Crippen molar-refractivity contribution in [3.8, 4) is 5.75 Å². The van der Waals surface area contributed by atoms with Crippen LogP contribution in [0.5, 0.6) is 5.75 Å². The molecule has 1 amide bonds. The average molecular weight is 388 g/mol. The fourth-order valence-electron chi connectivity index (χ4n) is 2.54. The van der Waals surface area contributed by atoms with Crippen LogP contribution in [0.4, 0.5) is 0 Å². The maximum Gasteiger partial charge on any atom is 0.270 e. The van der Waals surface area contributed by atoms with Crippen molar-refractivity contribution in [3.63, 3.8) is 0 Å². The third-order valence-electron chi connectivity index (χ3n) is 3.70. The van der Waals surface area contributed by atoms with E-state index in [9.17, 15) is 4.79 Å². The lowest BCUT2D eigenvalue weighted by molar-refractivity contribution is 0.0940. The Labute approximate surface area is 148 Å². The highest BCUT2D eigenvalue weighted by atomic mass is 79.9. The van der Waals surface area contributed by atoms with Gasteiger partial charge in [-0.1, -0.05) is 22.0 Å². The van der Waals surface area contributed by atoms with Crippen LogP contribution in [0, 0.1) is 13.8 Å². The van der Waals surface area contributed by atoms with Gasteiger partial charge in [0.05, 0.1) is 12.2 Å². The van der Waals surface area contributed by atoms with E-state index in [0.29, 0.717) is 18.8 Å². The summed E-state index contributed by atoms with van der Waals surface area (Å²) < 4.78 is 8.44. The quantitative estimate of drug-likeness (QED) is 0.681. The minimum absolute atomic E-state index is 0.148. The Morgan fingerprint density at radius 1 is 1.25 bits per heavy atom. The molecule has 0 aliphatic rings. The Morgan fingerprint density at radius 3 is 2.75 bits per heavy atom. The maximum atomic E-state index is 12.5. The van der Waals surface area contributed by atoms with Gasteiger partial charge < -0.3 is 10.1 Å². The average Bonchev–Trinajstić information content (AvgIpc) is 2.91. The summed E-state index contributed by atoms with van der Waals surface area (Å²) in [5, 5.41) is 2.89. The molecule has 0 atom stereocenters. The van der Waals surface area contributed by atoms with Gasteiger partial charge in [0.1, 0.15) is 23.7 Å². The first kappa shape index (κ1) is 16.5. The molecule has 0 unspecified atom stereocenters. The van der Waals surface area contributed by atoms with Crippen molar-refractivity contribution in [2.45, 2.75) is 13.8 Å². The van der Waals surface area contributed by atoms with Crippen molar-refractivity contribution in [2.24, 2.45) is 0 Å². The summed E-state index contributed by atoms with van der Waals surface area (Å²) in [6.07, 6.45) is 1.86. The minimum Gasteiger partial charge on any atom is -0.492 e. The molecule has 0 fully saturated rings. The number of pyridine rings is 1. The number of hydrogen-bond acceptors (Lipinski definition) is 3. The van der Waals surface area contributed by atoms with E-state index >= 15 is 0 Å². The number of halogens is 1. The molecule has 0 radical (unpaired) electrons. The zero-order valence-electron chi connectivity index (χ0n) is 13.5. The van der Waals surface area contributed by atoms with E-state index in [1.807, 2.05) is 60.8 Å². The van der Waals surface area contributed by atoms with Gasteiger partial charge in [0.15, 0.2) is 0 Å². The number of amides is 1. The fourth-order valence-corrected chi connectivity index (χ4v) is 2.80. The molecule has 0 bridgehead atoms. The molecule has 124 valence electrons. The van der Waals surface area contributed by atoms with Gasteiger partial charge in [-0.2, -0.15) is 0 Å². The number of rotatable bonds is 5. The Hall–Kier alpha value is -2.34. The molecule has 1 aromatic carbocycles. The van der Waals surface area contributed by atoms with E-state index in [0.717, 1.165) is 27.1 Å². The highest BCUT2D eigenvalue weighted by Crippen LogP contribution is 2.16. The number of benzene rings is 1. The first-order chi connectivity index (χ1) is 11.6. The van der Waals surface area contributed by atoms with E-state index < -0.39 is 0 Å². The molecule has 0 spiro atoms. The number of fused-ring (bicyclic) bond motifs is 1. The van der Waals surface area contributed by atoms with Crippen LogP contribution >= 0.6 is 15.9 Å². The van der Waals surface area contributed by atoms with Gasteiger partial charge in [-0.15, -0.1) is 0 Å². The second kappa shape index (κ2) is 7.05. The SMILES string of the molecule is Cc1nc2c(C)cccn2c1C(=O)NCCOc1ccc(Br)cc1. The molecule has 0 saturated carbocycles. The standard InChI is InChI=1S/C18H18BrN3O2/c1-12-4-3-10-22-16(13(2)21-17(12)22)18(23)20-9-11-24-15-7-5-14(19)6-8-15/h3-8,10H,9,11H2,1-2H3,(H,20,23). The van der Waals surface area contributed by atoms with Crippen molar-refractivity contribution in [1.82, 2.24) is 14.7 Å². The number of aryl methyl sites for hydroxylation is 2. The lowest BCUT2D eigenvalue weighted by Gasteiger charge is -2.08. The molecule has 2 aromatic heterocycles. The molecule has 3 aromatic rings. The molecule has 0 aliphatic carbocycles. The summed E-state index contributed by atoms with van der Waals surface area (Å²) >= 11 is 3.38. The van der Waals surface area contributed by atoms with Crippen LogP contribution in [-0.2, 0) is 0 Å². The Morgan fingerprint density at radius 2 is 2.00 bits per heavy atom. The van der Waals surface area contributed by atoms with Crippen LogP contribution in [0.3, 0.4) is 0 Å². The predicted octanol–water partition coefficient (Wildman–Crippen LogP) is 3.52. The molecule has 5 nitrogen and oxygen atoms in total. The highest BCUT2D eigenvalue weighted by molar-refractivity contribution is 9.10. The molecule has 6 heteroatoms. The molecular formula is C18H18BrN3O2. The fraction of sp³-hybridized carbons (Fsp3) is 0.222. The van der Waals surface area contributed by atoms with Crippen LogP contribution in [-0.4, -0.2) is 28.4 Å². The highest BCUT2D eigenvalue weighted by Gasteiger charge is 2.16. The summed E-state index contributed by atoms with van der Waals surface area (Å²) in [5.41, 5.74) is 3.14. The first-order valence-corrected chi connectivity index (χ1v) is 8.46. The van der Waals surface area contributed by atoms with E-state index in [4.69, 9.17) is 4.74 Å². The molecule has 0 aliphatic heterocycles. The minimum atomic E-state index is -0.148. The lowest BCUT2D eigenvalue weighted by Crippen LogP contribution is -2.29. The molecule has 0 saturated heterocycles. The Kier molecular flexibility index (Phi) is 4.85. The number of carbonyl (C=O) groups excluding carboxylic acids is 1. The van der Waals surface area contributed by atoms with Gasteiger partial charge in [0.2, 0.25) is 0 Å². The molecule has 24 heavy (non-hydrogen) atoms. The lowest BCUT2D eigenvalue weighted by atomic mass is 10.3. The summed E-state index contributed by atoms with van der Waals surface area (Å²) in [5.74, 6) is 0.624. The van der Waals surface area contributed by atoms with Crippen molar-refractivity contribution in [3.05, 3.63) is 64.0 Å². The third-order valence-corrected chi connectivity index (χ3v) is 4.23. The summed E-state index contributed by atoms with van der Waals surface area (Å²) in [6, 6.07) is 11.5. The van der Waals surface area contributed by atoms with E-state index in [1.165, 1.54) is 0 Å². The van der Waals surface area contributed by atoms with Crippen LogP contribution < -0.4 is 10.1 Å². The summed E-state index contributed by atoms with van der Waals surface area (Å²) in [4.78, 5) is 17.0. The Bertz CT molecular complexity index is 872. The van der Waals surface area contributed by atoms with Gasteiger partial charge >= 0.3 is 0 Å². The normalized spacial score (nSPS) is 10.8. The number of imidazole rings is 1. The topological polar surface area (TPSA) is 55.6 Å². The summed E-state index contributed by atoms with van der Waals surface area (Å²) in [7, 11) is 0. The van der Waals surface area contributed by atoms with E-state index in [-0.39, 0.29) is 5.91 Å². The number of nitrogens with zero attached hydrogens (tertiary/aromatic N) is 2. The second-order valence-electron chi connectivity index (χ2n) is 5.49. The summed E-state index contributed by atoms with van der Waals surface area (Å²) in [6.45, 7) is 4.66. The smallest absolute Gasteiger partial charge is 0.270 e. The van der Waals surface area contributed by atoms with Crippen LogP contribution in [0.1, 0.15) is 21.7 Å². The van der Waals surface area contributed by atoms with Gasteiger partial charge in [-0.05, 0) is 49.7 Å². The number of nitrogens with one attached hydrogen (secondary N) is 1. The number of ether oxygens (including phenoxy) is 1. The Balaban J connectivity index is 1.62. The first-order valence-electron chi connectivity index (χ1n) is 7.67. The predicted molar refractivity (Wildman–Crippen MR) is 96.6 cm³/mol. The molecule has 3 rings (SSSR count). The van der Waals surface area contributed by atoms with Gasteiger partial charge in [-0.3, -0.25) is 9.20 Å². The number of hydrogen-bond donors (Lipinski definition) is 1. The van der Waals surface area contributed by atoms with Gasteiger partial charge in [0, 0.05) is 10.7 Å². The molecular weight excluding hydrogens is 370 g/mol. The largest absolute Gasteiger partial charge is 0.492 e. The van der Waals surface area contributed by atoms with E-state index in [2.05, 4.69) is 26.2 Å². The van der Waals surface area contributed by atoms with E-state index in [1.54, 1.807) is 0 Å². The van der Waals surface area contributed by atoms with Crippen molar-refractivity contribution >= 4 is 27.5 Å². The van der Waals surface area contributed by atoms with Crippen molar-refractivity contribution in [1.29, 1.82) is 0 Å². The van der Waals surface area contributed by atoms with Crippen LogP contribution in [0.25, 0.3) is 5.65 Å².